The lowest BCUT2D eigenvalue weighted by atomic mass is 10.3. The summed E-state index contributed by atoms with van der Waals surface area (Å²) in [6.45, 7) is 4.44. The molecule has 0 spiro atoms. The zero-order valence-corrected chi connectivity index (χ0v) is 4.44. The van der Waals surface area contributed by atoms with Gasteiger partial charge in [0, 0.05) is 5.92 Å². The minimum Gasteiger partial charge on any atom is -0.0580 e. The molecule has 0 heteroatoms. The average molecular weight is 83.2 g/mol. The Hall–Kier alpha value is -0.130. The maximum atomic E-state index is 2.30. The summed E-state index contributed by atoms with van der Waals surface area (Å²) in [4.78, 5) is 0. The van der Waals surface area contributed by atoms with Crippen LogP contribution in [0.2, 0.25) is 0 Å². The second-order valence-corrected chi connectivity index (χ2v) is 2.21. The highest BCUT2D eigenvalue weighted by molar-refractivity contribution is 4.90. The molecule has 1 rings (SSSR count). The summed E-state index contributed by atoms with van der Waals surface area (Å²) < 4.78 is 0. The van der Waals surface area contributed by atoms with E-state index in [1.54, 1.807) is 0 Å². The maximum absolute atomic E-state index is 2.30. The van der Waals surface area contributed by atoms with Crippen LogP contribution in [0.15, 0.2) is 0 Å². The maximum Gasteiger partial charge on any atom is 0.101 e. The van der Waals surface area contributed by atoms with Crippen molar-refractivity contribution in [2.45, 2.75) is 20.3 Å². The lowest BCUT2D eigenvalue weighted by Gasteiger charge is -1.68. The van der Waals surface area contributed by atoms with Gasteiger partial charge in [-0.05, 0) is 6.42 Å². The highest BCUT2D eigenvalue weighted by Crippen LogP contribution is 2.39. The van der Waals surface area contributed by atoms with Crippen LogP contribution < -0.4 is 0 Å². The fraction of sp³-hybridized carbons (Fsp3) is 0.833. The largest absolute Gasteiger partial charge is 0.101 e. The molecule has 1 saturated carbocycles. The van der Waals surface area contributed by atoms with Crippen molar-refractivity contribution in [2.24, 2.45) is 11.8 Å². The summed E-state index contributed by atoms with van der Waals surface area (Å²) in [6, 6.07) is 0. The van der Waals surface area contributed by atoms with Crippen molar-refractivity contribution in [3.05, 3.63) is 6.42 Å². The molecule has 2 atom stereocenters. The van der Waals surface area contributed by atoms with Crippen molar-refractivity contribution in [3.8, 4) is 0 Å². The van der Waals surface area contributed by atoms with Gasteiger partial charge in [0.25, 0.3) is 0 Å². The molecule has 0 aromatic heterocycles. The Bertz CT molecular complexity index is 46.0. The van der Waals surface area contributed by atoms with Gasteiger partial charge < -0.3 is 0 Å². The van der Waals surface area contributed by atoms with E-state index >= 15 is 0 Å². The molecule has 6 heavy (non-hydrogen) atoms. The summed E-state index contributed by atoms with van der Waals surface area (Å²) >= 11 is 0. The normalized spacial score (nSPS) is 42.3. The van der Waals surface area contributed by atoms with Crippen molar-refractivity contribution in [1.29, 1.82) is 0 Å². The molecule has 0 amide bonds. The van der Waals surface area contributed by atoms with Gasteiger partial charge in [-0.15, -0.1) is 0 Å². The van der Waals surface area contributed by atoms with Crippen molar-refractivity contribution in [3.63, 3.8) is 0 Å². The van der Waals surface area contributed by atoms with Crippen molar-refractivity contribution >= 4 is 0 Å². The average Bonchev–Trinajstić information content (AvgIpc) is 2.19. The van der Waals surface area contributed by atoms with E-state index in [1.807, 2.05) is 0 Å². The van der Waals surface area contributed by atoms with E-state index in [2.05, 4.69) is 20.3 Å². The van der Waals surface area contributed by atoms with Gasteiger partial charge in [0.05, 0.1) is 13.3 Å². The van der Waals surface area contributed by atoms with Gasteiger partial charge in [-0.2, -0.15) is 0 Å². The molecule has 0 nitrogen and oxygen atoms in total. The van der Waals surface area contributed by atoms with E-state index in [9.17, 15) is 0 Å². The van der Waals surface area contributed by atoms with E-state index in [0.717, 1.165) is 11.8 Å². The van der Waals surface area contributed by atoms with Gasteiger partial charge in [0.15, 0.2) is 0 Å². The third-order valence-corrected chi connectivity index (χ3v) is 1.60. The lowest BCUT2D eigenvalue weighted by molar-refractivity contribution is 0.851. The molecule has 0 aromatic rings. The molecular formula is C6H11+. The summed E-state index contributed by atoms with van der Waals surface area (Å²) in [5, 5.41) is 0. The fourth-order valence-corrected chi connectivity index (χ4v) is 0.815. The molecule has 0 bridgehead atoms. The highest BCUT2D eigenvalue weighted by Gasteiger charge is 2.37. The Morgan fingerprint density at radius 2 is 2.17 bits per heavy atom. The molecule has 1 aliphatic carbocycles. The topological polar surface area (TPSA) is 0 Å². The van der Waals surface area contributed by atoms with Gasteiger partial charge in [0.1, 0.15) is 5.92 Å². The van der Waals surface area contributed by atoms with Crippen LogP contribution in [0.25, 0.3) is 0 Å². The Morgan fingerprint density at radius 1 is 1.67 bits per heavy atom. The molecule has 0 N–H and O–H groups in total. The van der Waals surface area contributed by atoms with Crippen LogP contribution in [-0.4, -0.2) is 0 Å². The van der Waals surface area contributed by atoms with E-state index in [4.69, 9.17) is 0 Å². The summed E-state index contributed by atoms with van der Waals surface area (Å²) in [5.41, 5.74) is 0. The van der Waals surface area contributed by atoms with Crippen molar-refractivity contribution in [2.75, 3.05) is 0 Å². The zero-order valence-electron chi connectivity index (χ0n) is 4.44. The number of hydrogen-bond acceptors (Lipinski definition) is 0. The Balaban J connectivity index is 2.09. The molecule has 0 saturated heterocycles. The fourth-order valence-electron chi connectivity index (χ4n) is 0.815. The molecule has 1 fully saturated rings. The lowest BCUT2D eigenvalue weighted by Crippen LogP contribution is -1.70. The van der Waals surface area contributed by atoms with Crippen LogP contribution in [0.4, 0.5) is 0 Å². The van der Waals surface area contributed by atoms with Gasteiger partial charge in [-0.1, -0.05) is 6.92 Å². The quantitative estimate of drug-likeness (QED) is 0.424. The summed E-state index contributed by atoms with van der Waals surface area (Å²) in [6.07, 6.45) is 3.74. The predicted octanol–water partition coefficient (Wildman–Crippen LogP) is 1.87. The minimum atomic E-state index is 0.977. The zero-order chi connectivity index (χ0) is 4.57. The van der Waals surface area contributed by atoms with E-state index < -0.39 is 0 Å². The molecule has 0 aromatic carbocycles. The Kier molecular flexibility index (Phi) is 0.793. The first-order valence-corrected chi connectivity index (χ1v) is 2.64. The first kappa shape index (κ1) is 4.04. The van der Waals surface area contributed by atoms with E-state index in [-0.39, 0.29) is 0 Å². The Morgan fingerprint density at radius 3 is 2.17 bits per heavy atom. The first-order valence-electron chi connectivity index (χ1n) is 2.64. The van der Waals surface area contributed by atoms with Gasteiger partial charge in [0.2, 0.25) is 0 Å². The van der Waals surface area contributed by atoms with Crippen LogP contribution in [0.1, 0.15) is 20.3 Å². The van der Waals surface area contributed by atoms with Crippen LogP contribution in [0.3, 0.4) is 0 Å². The van der Waals surface area contributed by atoms with Crippen LogP contribution in [0.5, 0.6) is 0 Å². The predicted molar refractivity (Wildman–Crippen MR) is 27.2 cm³/mol. The molecule has 1 aliphatic rings. The summed E-state index contributed by atoms with van der Waals surface area (Å²) in [5.74, 6) is 1.99. The van der Waals surface area contributed by atoms with Gasteiger partial charge >= 0.3 is 0 Å². The van der Waals surface area contributed by atoms with Crippen LogP contribution >= 0.6 is 0 Å². The van der Waals surface area contributed by atoms with Gasteiger partial charge in [-0.25, -0.2) is 0 Å². The van der Waals surface area contributed by atoms with Gasteiger partial charge in [-0.3, -0.25) is 0 Å². The summed E-state index contributed by atoms with van der Waals surface area (Å²) in [7, 11) is 0. The molecule has 2 unspecified atom stereocenters. The smallest absolute Gasteiger partial charge is 0.0580 e. The third-order valence-electron chi connectivity index (χ3n) is 1.60. The van der Waals surface area contributed by atoms with E-state index in [1.165, 1.54) is 6.42 Å². The first-order chi connectivity index (χ1) is 2.84. The van der Waals surface area contributed by atoms with E-state index in [0.29, 0.717) is 0 Å². The van der Waals surface area contributed by atoms with Crippen molar-refractivity contribution < 1.29 is 0 Å². The second kappa shape index (κ2) is 1.18. The molecule has 0 aliphatic heterocycles. The third kappa shape index (κ3) is 0.515. The molecule has 34 valence electrons. The van der Waals surface area contributed by atoms with Crippen molar-refractivity contribution in [1.82, 2.24) is 0 Å². The number of rotatable bonds is 1. The van der Waals surface area contributed by atoms with Crippen LogP contribution in [-0.2, 0) is 0 Å². The molecular weight excluding hydrogens is 72.1 g/mol. The second-order valence-electron chi connectivity index (χ2n) is 2.21. The standard InChI is InChI=1S/C6H11/c1-3-6-4-5(6)2/h3,5-6H,4H2,1-2H3/q+1. The van der Waals surface area contributed by atoms with Crippen LogP contribution in [0, 0.1) is 18.3 Å². The minimum absolute atomic E-state index is 0.977. The highest BCUT2D eigenvalue weighted by atomic mass is 14.3. The SMILES string of the molecule is C[CH+]C1CC1C. The molecule has 0 heterocycles. The monoisotopic (exact) mass is 83.1 g/mol. The number of hydrogen-bond donors (Lipinski definition) is 0. The Labute approximate surface area is 39.6 Å². The molecule has 0 radical (unpaired) electrons.